The average Bonchev–Trinajstić information content (AvgIpc) is 3.29. The predicted molar refractivity (Wildman–Crippen MR) is 142 cm³/mol. The van der Waals surface area contributed by atoms with Crippen molar-refractivity contribution < 1.29 is 23.8 Å². The molecular weight excluding hydrogens is 470 g/mol. The molecule has 1 fully saturated rings. The molecule has 37 heavy (non-hydrogen) atoms. The van der Waals surface area contributed by atoms with Crippen molar-refractivity contribution in [1.29, 1.82) is 0 Å². The van der Waals surface area contributed by atoms with Crippen LogP contribution in [0.3, 0.4) is 0 Å². The van der Waals surface area contributed by atoms with Gasteiger partial charge in [0.25, 0.3) is 0 Å². The summed E-state index contributed by atoms with van der Waals surface area (Å²) in [6, 6.07) is 9.89. The molecule has 0 unspecified atom stereocenters. The van der Waals surface area contributed by atoms with E-state index in [0.29, 0.717) is 47.3 Å². The summed E-state index contributed by atoms with van der Waals surface area (Å²) in [5, 5.41) is 1.11. The Kier molecular flexibility index (Phi) is 6.62. The van der Waals surface area contributed by atoms with Crippen molar-refractivity contribution in [3.8, 4) is 17.2 Å². The minimum absolute atomic E-state index is 0.0336. The molecule has 8 heteroatoms. The number of benzene rings is 2. The summed E-state index contributed by atoms with van der Waals surface area (Å²) in [7, 11) is 3.20. The smallest absolute Gasteiger partial charge is 0.248 e. The fraction of sp³-hybridized carbons (Fsp3) is 0.448. The second kappa shape index (κ2) is 9.74. The molecule has 0 spiro atoms. The molecule has 3 aromatic rings. The standard InChI is InChI=1S/C29H35N3O5/c1-29(2)17-23(33)26-25(36-4)16-24(35-3)21(27(26)37-29)10-13-31-11-8-20(9-12-31)32-14-7-18-5-6-19(28(30)34)15-22(18)32/h5-7,14-16,20H,8-13,17H2,1-4H3,(H2,30,34). The van der Waals surface area contributed by atoms with Crippen molar-refractivity contribution in [3.63, 3.8) is 0 Å². The summed E-state index contributed by atoms with van der Waals surface area (Å²) >= 11 is 0. The molecule has 2 aromatic carbocycles. The van der Waals surface area contributed by atoms with E-state index in [1.807, 2.05) is 26.0 Å². The Morgan fingerprint density at radius 1 is 1.11 bits per heavy atom. The van der Waals surface area contributed by atoms with Crippen LogP contribution in [-0.2, 0) is 6.42 Å². The third kappa shape index (κ3) is 4.78. The molecular formula is C29H35N3O5. The number of aromatic nitrogens is 1. The number of Topliss-reactive ketones (excluding diaryl/α,β-unsaturated/α-hetero) is 1. The third-order valence-corrected chi connectivity index (χ3v) is 7.63. The number of carbonyl (C=O) groups excluding carboxylic acids is 2. The van der Waals surface area contributed by atoms with Gasteiger partial charge < -0.3 is 29.4 Å². The van der Waals surface area contributed by atoms with Crippen LogP contribution in [0.5, 0.6) is 17.2 Å². The predicted octanol–water partition coefficient (Wildman–Crippen LogP) is 4.38. The molecule has 5 rings (SSSR count). The molecule has 196 valence electrons. The first kappa shape index (κ1) is 25.1. The number of hydrogen-bond acceptors (Lipinski definition) is 6. The zero-order valence-corrected chi connectivity index (χ0v) is 22.0. The molecule has 0 saturated carbocycles. The average molecular weight is 506 g/mol. The molecule has 8 nitrogen and oxygen atoms in total. The molecule has 2 aliphatic heterocycles. The number of nitrogens with zero attached hydrogens (tertiary/aromatic N) is 2. The number of piperidine rings is 1. The quantitative estimate of drug-likeness (QED) is 0.512. The maximum atomic E-state index is 13.0. The first-order valence-electron chi connectivity index (χ1n) is 12.8. The maximum Gasteiger partial charge on any atom is 0.248 e. The molecule has 1 amide bonds. The number of likely N-dealkylation sites (tertiary alicyclic amines) is 1. The Balaban J connectivity index is 1.31. The number of fused-ring (bicyclic) bond motifs is 2. The van der Waals surface area contributed by atoms with E-state index in [9.17, 15) is 9.59 Å². The second-order valence-corrected chi connectivity index (χ2v) is 10.6. The summed E-state index contributed by atoms with van der Waals surface area (Å²) in [6.45, 7) is 6.60. The van der Waals surface area contributed by atoms with Crippen LogP contribution in [0.25, 0.3) is 10.9 Å². The van der Waals surface area contributed by atoms with Crippen molar-refractivity contribution >= 4 is 22.6 Å². The maximum absolute atomic E-state index is 13.0. The van der Waals surface area contributed by atoms with E-state index >= 15 is 0 Å². The van der Waals surface area contributed by atoms with Crippen molar-refractivity contribution in [3.05, 3.63) is 53.2 Å². The Morgan fingerprint density at radius 2 is 1.84 bits per heavy atom. The molecule has 0 bridgehead atoms. The van der Waals surface area contributed by atoms with Crippen LogP contribution >= 0.6 is 0 Å². The number of ether oxygens (including phenoxy) is 3. The Morgan fingerprint density at radius 3 is 2.51 bits per heavy atom. The van der Waals surface area contributed by atoms with Gasteiger partial charge in [0.1, 0.15) is 28.4 Å². The molecule has 0 aliphatic carbocycles. The number of ketones is 1. The van der Waals surface area contributed by atoms with Crippen LogP contribution in [0.2, 0.25) is 0 Å². The lowest BCUT2D eigenvalue weighted by Gasteiger charge is -2.35. The monoisotopic (exact) mass is 505 g/mol. The van der Waals surface area contributed by atoms with Gasteiger partial charge in [0.05, 0.1) is 20.6 Å². The topological polar surface area (TPSA) is 96.0 Å². The van der Waals surface area contributed by atoms with Gasteiger partial charge >= 0.3 is 0 Å². The summed E-state index contributed by atoms with van der Waals surface area (Å²) in [6.07, 6.45) is 5.14. The van der Waals surface area contributed by atoms with Crippen molar-refractivity contribution in [2.24, 2.45) is 5.73 Å². The number of amides is 1. The molecule has 0 atom stereocenters. The largest absolute Gasteiger partial charge is 0.496 e. The number of primary amides is 1. The van der Waals surface area contributed by atoms with E-state index < -0.39 is 11.5 Å². The third-order valence-electron chi connectivity index (χ3n) is 7.63. The summed E-state index contributed by atoms with van der Waals surface area (Å²) in [5.41, 5.74) is 7.94. The highest BCUT2D eigenvalue weighted by Crippen LogP contribution is 2.45. The Bertz CT molecular complexity index is 1350. The zero-order chi connectivity index (χ0) is 26.3. The summed E-state index contributed by atoms with van der Waals surface area (Å²) in [5.74, 6) is 1.40. The number of methoxy groups -OCH3 is 2. The van der Waals surface area contributed by atoms with Gasteiger partial charge in [-0.3, -0.25) is 9.59 Å². The number of nitrogens with two attached hydrogens (primary N) is 1. The minimum atomic E-state index is -0.581. The van der Waals surface area contributed by atoms with Gasteiger partial charge in [0.15, 0.2) is 5.78 Å². The SMILES string of the molecule is COc1cc(OC)c2c(c1CCN1CCC(n3ccc4ccc(C(N)=O)cc43)CC1)OC(C)(C)CC2=O. The van der Waals surface area contributed by atoms with Crippen LogP contribution in [0.15, 0.2) is 36.5 Å². The van der Waals surface area contributed by atoms with Gasteiger partial charge in [0, 0.05) is 54.6 Å². The van der Waals surface area contributed by atoms with Gasteiger partial charge in [-0.25, -0.2) is 0 Å². The highest BCUT2D eigenvalue weighted by Gasteiger charge is 2.37. The Labute approximate surface area is 217 Å². The number of rotatable bonds is 7. The van der Waals surface area contributed by atoms with Gasteiger partial charge in [-0.15, -0.1) is 0 Å². The van der Waals surface area contributed by atoms with Crippen LogP contribution < -0.4 is 19.9 Å². The molecule has 2 aliphatic rings. The van der Waals surface area contributed by atoms with Crippen molar-refractivity contribution in [2.45, 2.75) is 51.2 Å². The lowest BCUT2D eigenvalue weighted by atomic mass is 9.89. The van der Waals surface area contributed by atoms with Gasteiger partial charge in [0.2, 0.25) is 5.91 Å². The number of hydrogen-bond donors (Lipinski definition) is 1. The summed E-state index contributed by atoms with van der Waals surface area (Å²) < 4.78 is 19.9. The molecule has 3 heterocycles. The molecule has 1 aromatic heterocycles. The van der Waals surface area contributed by atoms with E-state index in [2.05, 4.69) is 21.7 Å². The molecule has 0 radical (unpaired) electrons. The number of carbonyl (C=O) groups is 2. The normalized spacial score (nSPS) is 17.9. The van der Waals surface area contributed by atoms with Crippen LogP contribution in [-0.4, -0.2) is 60.6 Å². The van der Waals surface area contributed by atoms with Crippen LogP contribution in [0.4, 0.5) is 0 Å². The molecule has 2 N–H and O–H groups in total. The van der Waals surface area contributed by atoms with Crippen molar-refractivity contribution in [2.75, 3.05) is 33.9 Å². The lowest BCUT2D eigenvalue weighted by molar-refractivity contribution is 0.0603. The van der Waals surface area contributed by atoms with Gasteiger partial charge in [-0.1, -0.05) is 6.07 Å². The fourth-order valence-electron chi connectivity index (χ4n) is 5.71. The highest BCUT2D eigenvalue weighted by molar-refractivity contribution is 6.03. The second-order valence-electron chi connectivity index (χ2n) is 10.6. The zero-order valence-electron chi connectivity index (χ0n) is 22.0. The summed E-state index contributed by atoms with van der Waals surface area (Å²) in [4.78, 5) is 27.1. The van der Waals surface area contributed by atoms with Gasteiger partial charge in [-0.05, 0) is 56.7 Å². The van der Waals surface area contributed by atoms with E-state index in [-0.39, 0.29) is 5.78 Å². The minimum Gasteiger partial charge on any atom is -0.496 e. The first-order chi connectivity index (χ1) is 17.7. The van der Waals surface area contributed by atoms with Crippen LogP contribution in [0.1, 0.15) is 65.4 Å². The molecule has 1 saturated heterocycles. The van der Waals surface area contributed by atoms with E-state index in [0.717, 1.165) is 48.9 Å². The lowest BCUT2D eigenvalue weighted by Crippen LogP contribution is -2.38. The van der Waals surface area contributed by atoms with Crippen LogP contribution in [0, 0.1) is 0 Å². The van der Waals surface area contributed by atoms with Crippen molar-refractivity contribution in [1.82, 2.24) is 9.47 Å². The highest BCUT2D eigenvalue weighted by atomic mass is 16.5. The van der Waals surface area contributed by atoms with E-state index in [1.54, 1.807) is 26.4 Å². The van der Waals surface area contributed by atoms with E-state index in [4.69, 9.17) is 19.9 Å². The van der Waals surface area contributed by atoms with Gasteiger partial charge in [-0.2, -0.15) is 0 Å². The Hall–Kier alpha value is -3.52. The van der Waals surface area contributed by atoms with E-state index in [1.165, 1.54) is 0 Å². The first-order valence-corrected chi connectivity index (χ1v) is 12.8. The fourth-order valence-corrected chi connectivity index (χ4v) is 5.71.